The lowest BCUT2D eigenvalue weighted by atomic mass is 9.88. The van der Waals surface area contributed by atoms with E-state index in [1.165, 1.54) is 38.9 Å². The normalized spacial score (nSPS) is 22.5. The van der Waals surface area contributed by atoms with E-state index < -0.39 is 0 Å². The molecule has 1 N–H and O–H groups in total. The van der Waals surface area contributed by atoms with Crippen LogP contribution in [-0.2, 0) is 4.79 Å². The van der Waals surface area contributed by atoms with Gasteiger partial charge in [0.05, 0.1) is 32.7 Å². The molecule has 1 aliphatic carbocycles. The third kappa shape index (κ3) is 4.40. The largest absolute Gasteiger partial charge is 0.352 e. The van der Waals surface area contributed by atoms with Crippen molar-refractivity contribution in [2.24, 2.45) is 5.92 Å². The van der Waals surface area contributed by atoms with Gasteiger partial charge in [-0.1, -0.05) is 19.3 Å². The van der Waals surface area contributed by atoms with Gasteiger partial charge in [0.25, 0.3) is 0 Å². The Hall–Kier alpha value is -1.89. The number of anilines is 2. The Bertz CT molecular complexity index is 629. The van der Waals surface area contributed by atoms with Crippen LogP contribution in [0.3, 0.4) is 0 Å². The fourth-order valence-corrected chi connectivity index (χ4v) is 4.82. The third-order valence-electron chi connectivity index (χ3n) is 6.80. The highest BCUT2D eigenvalue weighted by Gasteiger charge is 2.29. The average molecular weight is 388 g/mol. The van der Waals surface area contributed by atoms with Crippen molar-refractivity contribution in [2.45, 2.75) is 39.0 Å². The van der Waals surface area contributed by atoms with Crippen molar-refractivity contribution >= 4 is 17.5 Å². The summed E-state index contributed by atoms with van der Waals surface area (Å²) in [4.78, 5) is 21.1. The Labute approximate surface area is 168 Å². The number of hydrogen-bond acceptors (Lipinski definition) is 5. The number of rotatable bonds is 4. The van der Waals surface area contributed by atoms with E-state index in [1.807, 2.05) is 0 Å². The van der Waals surface area contributed by atoms with Gasteiger partial charge in [-0.15, -0.1) is 10.2 Å². The summed E-state index contributed by atoms with van der Waals surface area (Å²) in [6, 6.07) is 4.21. The second-order valence-electron chi connectivity index (χ2n) is 8.49. The number of piperazine rings is 2. The molecule has 0 aromatic carbocycles. The van der Waals surface area contributed by atoms with Crippen molar-refractivity contribution in [2.75, 3.05) is 68.7 Å². The topological polar surface area (TPSA) is 57.0 Å². The summed E-state index contributed by atoms with van der Waals surface area (Å²) in [5.41, 5.74) is 0. The second kappa shape index (κ2) is 9.07. The predicted molar refractivity (Wildman–Crippen MR) is 111 cm³/mol. The quantitative estimate of drug-likeness (QED) is 0.812. The van der Waals surface area contributed by atoms with Gasteiger partial charge in [-0.2, -0.15) is 0 Å². The van der Waals surface area contributed by atoms with Crippen LogP contribution in [0.5, 0.6) is 0 Å². The van der Waals surface area contributed by atoms with Crippen molar-refractivity contribution in [3.8, 4) is 0 Å². The number of carbonyl (C=O) groups is 1. The Balaban J connectivity index is 1.28. The van der Waals surface area contributed by atoms with E-state index in [-0.39, 0.29) is 5.92 Å². The van der Waals surface area contributed by atoms with Crippen LogP contribution < -0.4 is 14.7 Å². The van der Waals surface area contributed by atoms with E-state index in [4.69, 9.17) is 0 Å². The number of aromatic nitrogens is 2. The molecule has 0 spiro atoms. The number of carbonyl (C=O) groups excluding carboxylic acids is 1. The van der Waals surface area contributed by atoms with Crippen LogP contribution in [0.1, 0.15) is 39.0 Å². The summed E-state index contributed by atoms with van der Waals surface area (Å²) >= 11 is 0. The molecule has 2 aliphatic heterocycles. The number of nitrogens with one attached hydrogen (secondary N) is 1. The van der Waals surface area contributed by atoms with Crippen molar-refractivity contribution in [1.29, 1.82) is 0 Å². The molecule has 1 aromatic rings. The summed E-state index contributed by atoms with van der Waals surface area (Å²) in [5, 5.41) is 9.00. The molecule has 3 aliphatic rings. The SMILES string of the molecule is CC[NH+]1CCN(c2ccc(N3CCN(C(=O)C4CCCCC4)CC3)nn2)CC1. The minimum absolute atomic E-state index is 0.273. The fourth-order valence-electron chi connectivity index (χ4n) is 4.82. The van der Waals surface area contributed by atoms with Crippen LogP contribution in [-0.4, -0.2) is 79.9 Å². The lowest BCUT2D eigenvalue weighted by Crippen LogP contribution is -3.14. The molecule has 0 bridgehead atoms. The Morgan fingerprint density at radius 1 is 0.929 bits per heavy atom. The van der Waals surface area contributed by atoms with E-state index in [0.29, 0.717) is 5.91 Å². The smallest absolute Gasteiger partial charge is 0.225 e. The molecule has 1 saturated carbocycles. The molecule has 0 radical (unpaired) electrons. The van der Waals surface area contributed by atoms with Gasteiger partial charge in [0.1, 0.15) is 0 Å². The number of amides is 1. The average Bonchev–Trinajstić information content (AvgIpc) is 2.79. The Morgan fingerprint density at radius 3 is 2.04 bits per heavy atom. The summed E-state index contributed by atoms with van der Waals surface area (Å²) < 4.78 is 0. The molecule has 2 saturated heterocycles. The first kappa shape index (κ1) is 19.4. The first-order chi connectivity index (χ1) is 13.7. The van der Waals surface area contributed by atoms with Crippen LogP contribution in [0.2, 0.25) is 0 Å². The lowest BCUT2D eigenvalue weighted by Gasteiger charge is -2.37. The van der Waals surface area contributed by atoms with Gasteiger partial charge in [-0.05, 0) is 31.9 Å². The first-order valence-corrected chi connectivity index (χ1v) is 11.2. The zero-order chi connectivity index (χ0) is 19.3. The molecule has 4 rings (SSSR count). The molecule has 154 valence electrons. The highest BCUT2D eigenvalue weighted by molar-refractivity contribution is 5.79. The molecule has 0 unspecified atom stereocenters. The monoisotopic (exact) mass is 387 g/mol. The van der Waals surface area contributed by atoms with Gasteiger partial charge < -0.3 is 19.6 Å². The van der Waals surface area contributed by atoms with Crippen LogP contribution in [0.25, 0.3) is 0 Å². The van der Waals surface area contributed by atoms with Crippen molar-refractivity contribution in [3.63, 3.8) is 0 Å². The van der Waals surface area contributed by atoms with Crippen LogP contribution in [0.15, 0.2) is 12.1 Å². The minimum Gasteiger partial charge on any atom is -0.352 e. The number of quaternary nitrogens is 1. The van der Waals surface area contributed by atoms with Gasteiger partial charge in [0.15, 0.2) is 11.6 Å². The van der Waals surface area contributed by atoms with E-state index >= 15 is 0 Å². The maximum absolute atomic E-state index is 12.7. The number of hydrogen-bond donors (Lipinski definition) is 1. The zero-order valence-corrected chi connectivity index (χ0v) is 17.3. The summed E-state index contributed by atoms with van der Waals surface area (Å²) in [6.07, 6.45) is 5.89. The summed E-state index contributed by atoms with van der Waals surface area (Å²) in [5.74, 6) is 2.58. The number of likely N-dealkylation sites (N-methyl/N-ethyl adjacent to an activating group) is 1. The highest BCUT2D eigenvalue weighted by atomic mass is 16.2. The van der Waals surface area contributed by atoms with Gasteiger partial charge in [-0.3, -0.25) is 4.79 Å². The lowest BCUT2D eigenvalue weighted by molar-refractivity contribution is -0.898. The van der Waals surface area contributed by atoms with Gasteiger partial charge in [0, 0.05) is 32.1 Å². The van der Waals surface area contributed by atoms with Gasteiger partial charge in [0.2, 0.25) is 5.91 Å². The molecule has 3 heterocycles. The van der Waals surface area contributed by atoms with Crippen molar-refractivity contribution < 1.29 is 9.69 Å². The first-order valence-electron chi connectivity index (χ1n) is 11.2. The Morgan fingerprint density at radius 2 is 1.50 bits per heavy atom. The fraction of sp³-hybridized carbons (Fsp3) is 0.762. The maximum Gasteiger partial charge on any atom is 0.225 e. The van der Waals surface area contributed by atoms with Crippen LogP contribution >= 0.6 is 0 Å². The molecule has 28 heavy (non-hydrogen) atoms. The standard InChI is InChI=1S/C21H34N6O/c1-2-24-10-12-25(13-11-24)19-8-9-20(23-22-19)26-14-16-27(17-15-26)21(28)18-6-4-3-5-7-18/h8-9,18H,2-7,10-17H2,1H3/p+1. The van der Waals surface area contributed by atoms with Gasteiger partial charge >= 0.3 is 0 Å². The molecule has 1 amide bonds. The summed E-state index contributed by atoms with van der Waals surface area (Å²) in [7, 11) is 0. The van der Waals surface area contributed by atoms with E-state index in [2.05, 4.69) is 44.0 Å². The molecule has 3 fully saturated rings. The third-order valence-corrected chi connectivity index (χ3v) is 6.80. The molecule has 1 aromatic heterocycles. The number of nitrogens with zero attached hydrogens (tertiary/aromatic N) is 5. The predicted octanol–water partition coefficient (Wildman–Crippen LogP) is 0.430. The van der Waals surface area contributed by atoms with E-state index in [1.54, 1.807) is 4.90 Å². The molecule has 7 heteroatoms. The second-order valence-corrected chi connectivity index (χ2v) is 8.49. The van der Waals surface area contributed by atoms with Crippen LogP contribution in [0, 0.1) is 5.92 Å². The summed E-state index contributed by atoms with van der Waals surface area (Å²) in [6.45, 7) is 11.2. The van der Waals surface area contributed by atoms with Crippen molar-refractivity contribution in [3.05, 3.63) is 12.1 Å². The molecule has 0 atom stereocenters. The maximum atomic E-state index is 12.7. The van der Waals surface area contributed by atoms with Crippen molar-refractivity contribution in [1.82, 2.24) is 15.1 Å². The van der Waals surface area contributed by atoms with E-state index in [9.17, 15) is 4.79 Å². The Kier molecular flexibility index (Phi) is 6.29. The van der Waals surface area contributed by atoms with Gasteiger partial charge in [-0.25, -0.2) is 0 Å². The molecule has 7 nitrogen and oxygen atoms in total. The van der Waals surface area contributed by atoms with Crippen LogP contribution in [0.4, 0.5) is 11.6 Å². The molecular formula is C21H35N6O+. The zero-order valence-electron chi connectivity index (χ0n) is 17.3. The minimum atomic E-state index is 0.273. The molecular weight excluding hydrogens is 352 g/mol. The van der Waals surface area contributed by atoms with E-state index in [0.717, 1.165) is 63.7 Å². The highest BCUT2D eigenvalue weighted by Crippen LogP contribution is 2.26.